The molecule has 1 atom stereocenters. The van der Waals surface area contributed by atoms with E-state index in [0.717, 1.165) is 29.9 Å². The molecule has 2 heterocycles. The average Bonchev–Trinajstić information content (AvgIpc) is 2.73. The molecule has 0 saturated carbocycles. The van der Waals surface area contributed by atoms with E-state index in [-0.39, 0.29) is 6.04 Å². The fourth-order valence-electron chi connectivity index (χ4n) is 2.07. The molecule has 0 amide bonds. The Morgan fingerprint density at radius 2 is 2.32 bits per heavy atom. The maximum Gasteiger partial charge on any atom is 0.250 e. The van der Waals surface area contributed by atoms with E-state index in [4.69, 9.17) is 4.74 Å². The molecule has 0 aromatic carbocycles. The standard InChI is InChI=1S/C12H20N2O3S2/c1-9-6-12(18-11(9)7-13-2)19(15,16)14-10-4-3-5-17-8-10/h6,10,13-14H,3-5,7-8H2,1-2H3. The van der Waals surface area contributed by atoms with E-state index in [1.165, 1.54) is 11.3 Å². The number of sulfonamides is 1. The van der Waals surface area contributed by atoms with Gasteiger partial charge in [-0.15, -0.1) is 11.3 Å². The van der Waals surface area contributed by atoms with Crippen molar-refractivity contribution < 1.29 is 13.2 Å². The Hall–Kier alpha value is -0.470. The summed E-state index contributed by atoms with van der Waals surface area (Å²) in [5, 5.41) is 3.05. The maximum atomic E-state index is 12.3. The van der Waals surface area contributed by atoms with Gasteiger partial charge in [-0.2, -0.15) is 0 Å². The van der Waals surface area contributed by atoms with Crippen LogP contribution in [-0.4, -0.2) is 34.7 Å². The zero-order chi connectivity index (χ0) is 13.9. The van der Waals surface area contributed by atoms with Crippen molar-refractivity contribution in [3.63, 3.8) is 0 Å². The second-order valence-electron chi connectivity index (χ2n) is 4.74. The Morgan fingerprint density at radius 1 is 1.53 bits per heavy atom. The van der Waals surface area contributed by atoms with Gasteiger partial charge in [0.2, 0.25) is 10.0 Å². The fourth-order valence-corrected chi connectivity index (χ4v) is 4.94. The van der Waals surface area contributed by atoms with Crippen molar-refractivity contribution in [2.45, 2.75) is 36.6 Å². The predicted molar refractivity (Wildman–Crippen MR) is 76.0 cm³/mol. The summed E-state index contributed by atoms with van der Waals surface area (Å²) in [6.07, 6.45) is 1.74. The largest absolute Gasteiger partial charge is 0.380 e. The Bertz CT molecular complexity index is 519. The van der Waals surface area contributed by atoms with Crippen molar-refractivity contribution in [1.82, 2.24) is 10.0 Å². The second kappa shape index (κ2) is 6.32. The number of hydrogen-bond donors (Lipinski definition) is 2. The van der Waals surface area contributed by atoms with Gasteiger partial charge in [0.15, 0.2) is 0 Å². The van der Waals surface area contributed by atoms with E-state index >= 15 is 0 Å². The molecule has 1 fully saturated rings. The lowest BCUT2D eigenvalue weighted by Gasteiger charge is -2.22. The Morgan fingerprint density at radius 3 is 2.95 bits per heavy atom. The molecular formula is C12H20N2O3S2. The van der Waals surface area contributed by atoms with E-state index in [1.54, 1.807) is 6.07 Å². The lowest BCUT2D eigenvalue weighted by Crippen LogP contribution is -2.40. The van der Waals surface area contributed by atoms with Crippen LogP contribution < -0.4 is 10.0 Å². The molecular weight excluding hydrogens is 284 g/mol. The predicted octanol–water partition coefficient (Wildman–Crippen LogP) is 1.23. The van der Waals surface area contributed by atoms with Gasteiger partial charge in [-0.1, -0.05) is 0 Å². The minimum absolute atomic E-state index is 0.103. The third-order valence-corrected chi connectivity index (χ3v) is 6.31. The van der Waals surface area contributed by atoms with E-state index < -0.39 is 10.0 Å². The molecule has 0 aliphatic carbocycles. The zero-order valence-electron chi connectivity index (χ0n) is 11.2. The molecule has 1 saturated heterocycles. The zero-order valence-corrected chi connectivity index (χ0v) is 12.9. The van der Waals surface area contributed by atoms with Crippen LogP contribution in [0.1, 0.15) is 23.3 Å². The van der Waals surface area contributed by atoms with Crippen LogP contribution in [-0.2, 0) is 21.3 Å². The lowest BCUT2D eigenvalue weighted by atomic mass is 10.1. The van der Waals surface area contributed by atoms with Crippen LogP contribution in [0, 0.1) is 6.92 Å². The van der Waals surface area contributed by atoms with Gasteiger partial charge >= 0.3 is 0 Å². The van der Waals surface area contributed by atoms with Crippen LogP contribution in [0.3, 0.4) is 0 Å². The normalized spacial score (nSPS) is 20.6. The monoisotopic (exact) mass is 304 g/mol. The molecule has 0 bridgehead atoms. The molecule has 5 nitrogen and oxygen atoms in total. The van der Waals surface area contributed by atoms with Crippen molar-refractivity contribution in [3.8, 4) is 0 Å². The molecule has 1 aromatic heterocycles. The first kappa shape index (κ1) is 14.9. The fraction of sp³-hybridized carbons (Fsp3) is 0.667. The highest BCUT2D eigenvalue weighted by molar-refractivity contribution is 7.91. The Labute approximate surface area is 118 Å². The number of thiophene rings is 1. The van der Waals surface area contributed by atoms with Crippen LogP contribution in [0.15, 0.2) is 10.3 Å². The second-order valence-corrected chi connectivity index (χ2v) is 7.81. The van der Waals surface area contributed by atoms with E-state index in [0.29, 0.717) is 17.4 Å². The van der Waals surface area contributed by atoms with Crippen LogP contribution >= 0.6 is 11.3 Å². The molecule has 0 spiro atoms. The van der Waals surface area contributed by atoms with Crippen molar-refractivity contribution in [2.75, 3.05) is 20.3 Å². The van der Waals surface area contributed by atoms with E-state index in [1.807, 2.05) is 14.0 Å². The first-order valence-electron chi connectivity index (χ1n) is 6.37. The van der Waals surface area contributed by atoms with Crippen LogP contribution in [0.5, 0.6) is 0 Å². The third kappa shape index (κ3) is 3.76. The highest BCUT2D eigenvalue weighted by Crippen LogP contribution is 2.26. The quantitative estimate of drug-likeness (QED) is 0.859. The summed E-state index contributed by atoms with van der Waals surface area (Å²) in [5.74, 6) is 0. The number of ether oxygens (including phenoxy) is 1. The molecule has 1 aliphatic rings. The molecule has 2 N–H and O–H groups in total. The topological polar surface area (TPSA) is 67.4 Å². The minimum Gasteiger partial charge on any atom is -0.380 e. The van der Waals surface area contributed by atoms with E-state index in [9.17, 15) is 8.42 Å². The Kier molecular flexibility index (Phi) is 4.97. The smallest absolute Gasteiger partial charge is 0.250 e. The summed E-state index contributed by atoms with van der Waals surface area (Å²) in [7, 11) is -1.57. The van der Waals surface area contributed by atoms with Crippen LogP contribution in [0.4, 0.5) is 0 Å². The van der Waals surface area contributed by atoms with Gasteiger partial charge in [-0.05, 0) is 38.4 Å². The summed E-state index contributed by atoms with van der Waals surface area (Å²) >= 11 is 1.33. The molecule has 0 radical (unpaired) electrons. The summed E-state index contributed by atoms with van der Waals surface area (Å²) in [5.41, 5.74) is 1.01. The first-order valence-corrected chi connectivity index (χ1v) is 8.67. The van der Waals surface area contributed by atoms with Crippen molar-refractivity contribution >= 4 is 21.4 Å². The van der Waals surface area contributed by atoms with Crippen molar-refractivity contribution in [2.24, 2.45) is 0 Å². The summed E-state index contributed by atoms with van der Waals surface area (Å²) in [6.45, 7) is 3.82. The molecule has 1 aliphatic heterocycles. The molecule has 2 rings (SSSR count). The van der Waals surface area contributed by atoms with Crippen molar-refractivity contribution in [1.29, 1.82) is 0 Å². The van der Waals surface area contributed by atoms with E-state index in [2.05, 4.69) is 10.0 Å². The highest BCUT2D eigenvalue weighted by Gasteiger charge is 2.24. The molecule has 1 aromatic rings. The first-order chi connectivity index (χ1) is 9.03. The van der Waals surface area contributed by atoms with Crippen LogP contribution in [0.25, 0.3) is 0 Å². The summed E-state index contributed by atoms with van der Waals surface area (Å²) in [6, 6.07) is 1.64. The summed E-state index contributed by atoms with van der Waals surface area (Å²) in [4.78, 5) is 1.06. The minimum atomic E-state index is -3.42. The van der Waals surface area contributed by atoms with Gasteiger partial charge in [0.1, 0.15) is 4.21 Å². The number of aryl methyl sites for hydroxylation is 1. The molecule has 1 unspecified atom stereocenters. The van der Waals surface area contributed by atoms with Gasteiger partial charge in [0, 0.05) is 24.1 Å². The maximum absolute atomic E-state index is 12.3. The number of nitrogens with one attached hydrogen (secondary N) is 2. The van der Waals surface area contributed by atoms with Gasteiger partial charge in [0.25, 0.3) is 0 Å². The SMILES string of the molecule is CNCc1sc(S(=O)(=O)NC2CCCOC2)cc1C. The Balaban J connectivity index is 2.12. The number of hydrogen-bond acceptors (Lipinski definition) is 5. The lowest BCUT2D eigenvalue weighted by molar-refractivity contribution is 0.0774. The number of rotatable bonds is 5. The van der Waals surface area contributed by atoms with Crippen LogP contribution in [0.2, 0.25) is 0 Å². The van der Waals surface area contributed by atoms with Gasteiger partial charge < -0.3 is 10.1 Å². The third-order valence-electron chi connectivity index (χ3n) is 3.08. The van der Waals surface area contributed by atoms with Gasteiger partial charge in [-0.3, -0.25) is 0 Å². The van der Waals surface area contributed by atoms with Gasteiger partial charge in [0.05, 0.1) is 6.61 Å². The molecule has 19 heavy (non-hydrogen) atoms. The van der Waals surface area contributed by atoms with Crippen molar-refractivity contribution in [3.05, 3.63) is 16.5 Å². The molecule has 108 valence electrons. The average molecular weight is 304 g/mol. The van der Waals surface area contributed by atoms with Gasteiger partial charge in [-0.25, -0.2) is 13.1 Å². The highest BCUT2D eigenvalue weighted by atomic mass is 32.2. The molecule has 7 heteroatoms. The summed E-state index contributed by atoms with van der Waals surface area (Å²) < 4.78 is 33.0.